The number of aromatic nitrogens is 16. The molecule has 8 fully saturated rings. The lowest BCUT2D eigenvalue weighted by Gasteiger charge is -2.47. The molecule has 44 heteroatoms. The van der Waals surface area contributed by atoms with Crippen LogP contribution in [-0.4, -0.2) is 292 Å². The molecule has 0 radical (unpaired) electrons. The van der Waals surface area contributed by atoms with E-state index in [4.69, 9.17) is 143 Å². The summed E-state index contributed by atoms with van der Waals surface area (Å²) < 4.78 is 53.5. The standard InChI is InChI=1S/2C26H32Cl2N6O2.2C25H29Cl2N7O2S/c2*1-16-25-26(34(31-16)17(2)21-8-7-20(27)11-22(21)28)30-23(12-29-25)33-14-19(15-33)18-5-3-9-32(13-18)10-4-6-24(35)36;2*1-16(20-6-5-19(26)10-21(20)27)34-25-24(22(11-28)31-34)29-12-23(30-25)33-14-18(15-33)17-4-3-7-32(13-17)8-9-37(2,35)36/h2*7-8,11-12,17-19H,3-6,9-10,13-15H2,1-2H3,(H,35,36);2*5-6,10,12,16-18H,3-4,7-9,13-15H2,1-2H3/t17-,18+;17-,18-;16-,17+;16-,17-/m1111/s1. The number of anilines is 4. The van der Waals surface area contributed by atoms with E-state index < -0.39 is 31.6 Å². The van der Waals surface area contributed by atoms with Crippen molar-refractivity contribution in [1.29, 1.82) is 10.5 Å². The summed E-state index contributed by atoms with van der Waals surface area (Å²) in [6.07, 6.45) is 21.0. The van der Waals surface area contributed by atoms with E-state index in [2.05, 4.69) is 85.4 Å². The molecule has 146 heavy (non-hydrogen) atoms. The highest BCUT2D eigenvalue weighted by atomic mass is 35.5. The highest BCUT2D eigenvalue weighted by molar-refractivity contribution is 7.90. The van der Waals surface area contributed by atoms with Crippen LogP contribution in [-0.2, 0) is 29.3 Å². The van der Waals surface area contributed by atoms with Crippen molar-refractivity contribution in [3.63, 3.8) is 0 Å². The first-order valence-corrected chi connectivity index (χ1v) is 57.2. The van der Waals surface area contributed by atoms with Gasteiger partial charge in [-0.3, -0.25) is 9.59 Å². The van der Waals surface area contributed by atoms with Crippen LogP contribution >= 0.6 is 92.8 Å². The van der Waals surface area contributed by atoms with Gasteiger partial charge in [-0.15, -0.1) is 0 Å². The minimum absolute atomic E-state index is 0.117. The highest BCUT2D eigenvalue weighted by Crippen LogP contribution is 2.43. The Kier molecular flexibility index (Phi) is 34.5. The van der Waals surface area contributed by atoms with E-state index in [0.29, 0.717) is 123 Å². The first-order chi connectivity index (χ1) is 69.8. The Balaban J connectivity index is 0.000000133. The molecule has 34 nitrogen and oxygen atoms in total. The molecule has 0 bridgehead atoms. The number of sulfone groups is 2. The third-order valence-corrected chi connectivity index (χ3v) is 34.4. The summed E-state index contributed by atoms with van der Waals surface area (Å²) in [5.41, 5.74) is 10.8. The van der Waals surface area contributed by atoms with Crippen LogP contribution in [0.2, 0.25) is 40.2 Å². The minimum atomic E-state index is -2.95. The largest absolute Gasteiger partial charge is 0.481 e. The van der Waals surface area contributed by atoms with Crippen LogP contribution in [0.3, 0.4) is 0 Å². The molecule has 0 spiro atoms. The molecule has 8 aromatic heterocycles. The van der Waals surface area contributed by atoms with E-state index >= 15 is 0 Å². The summed E-state index contributed by atoms with van der Waals surface area (Å²) in [6.45, 7) is 30.4. The first-order valence-electron chi connectivity index (χ1n) is 50.1. The molecular formula is C102H122Cl8N26O8S2. The smallest absolute Gasteiger partial charge is 0.303 e. The van der Waals surface area contributed by atoms with Gasteiger partial charge in [-0.25, -0.2) is 75.4 Å². The third-order valence-electron chi connectivity index (χ3n) is 30.3. The van der Waals surface area contributed by atoms with Crippen LogP contribution in [0.25, 0.3) is 44.7 Å². The Morgan fingerprint density at radius 1 is 0.370 bits per heavy atom. The summed E-state index contributed by atoms with van der Waals surface area (Å²) in [7, 11) is -5.91. The molecule has 12 aromatic rings. The molecule has 4 aromatic carbocycles. The van der Waals surface area contributed by atoms with Gasteiger partial charge in [-0.1, -0.05) is 117 Å². The summed E-state index contributed by atoms with van der Waals surface area (Å²) in [4.78, 5) is 78.4. The Morgan fingerprint density at radius 3 is 0.863 bits per heavy atom. The predicted molar refractivity (Wildman–Crippen MR) is 574 cm³/mol. The number of benzene rings is 4. The average molecular weight is 2190 g/mol. The second-order valence-electron chi connectivity index (χ2n) is 40.6. The number of carbonyl (C=O) groups is 2. The Morgan fingerprint density at radius 2 is 0.616 bits per heavy atom. The van der Waals surface area contributed by atoms with E-state index in [-0.39, 0.29) is 59.9 Å². The van der Waals surface area contributed by atoms with Crippen LogP contribution in [0.5, 0.6) is 0 Å². The maximum absolute atomic E-state index is 11.6. The van der Waals surface area contributed by atoms with Gasteiger partial charge in [-0.05, 0) is 263 Å². The van der Waals surface area contributed by atoms with E-state index in [1.54, 1.807) is 58.2 Å². The van der Waals surface area contributed by atoms with Gasteiger partial charge in [0.1, 0.15) is 77.2 Å². The Bertz CT molecular complexity index is 6690. The molecule has 8 saturated heterocycles. The molecule has 8 aliphatic heterocycles. The Hall–Kier alpha value is -9.74. The number of likely N-dealkylation sites (tertiary alicyclic amines) is 4. The highest BCUT2D eigenvalue weighted by Gasteiger charge is 2.43. The zero-order valence-electron chi connectivity index (χ0n) is 83.0. The number of nitriles is 2. The topological polar surface area (TPSA) is 391 Å². The zero-order valence-corrected chi connectivity index (χ0v) is 90.7. The van der Waals surface area contributed by atoms with E-state index in [1.165, 1.54) is 38.2 Å². The van der Waals surface area contributed by atoms with Gasteiger partial charge in [0.25, 0.3) is 0 Å². The van der Waals surface area contributed by atoms with E-state index in [1.807, 2.05) is 85.9 Å². The number of aliphatic carboxylic acids is 2. The number of piperidine rings is 4. The van der Waals surface area contributed by atoms with Gasteiger partial charge < -0.3 is 49.4 Å². The van der Waals surface area contributed by atoms with Crippen molar-refractivity contribution in [2.75, 3.05) is 175 Å². The van der Waals surface area contributed by atoms with Crippen molar-refractivity contribution in [2.45, 2.75) is 143 Å². The predicted octanol–water partition coefficient (Wildman–Crippen LogP) is 17.7. The second-order valence-corrected chi connectivity index (χ2v) is 48.5. The fraction of sp³-hybridized carbons (Fsp3) is 0.529. The van der Waals surface area contributed by atoms with Gasteiger partial charge >= 0.3 is 11.9 Å². The minimum Gasteiger partial charge on any atom is -0.481 e. The van der Waals surface area contributed by atoms with Crippen LogP contribution in [0.15, 0.2) is 97.6 Å². The molecule has 20 rings (SSSR count). The lowest BCUT2D eigenvalue weighted by molar-refractivity contribution is -0.138. The molecular weight excluding hydrogens is 2070 g/mol. The summed E-state index contributed by atoms with van der Waals surface area (Å²) in [5.74, 6) is 6.99. The van der Waals surface area contributed by atoms with Crippen molar-refractivity contribution in [3.8, 4) is 12.1 Å². The fourth-order valence-electron chi connectivity index (χ4n) is 21.8. The zero-order chi connectivity index (χ0) is 103. The number of aryl methyl sites for hydroxylation is 2. The van der Waals surface area contributed by atoms with Crippen molar-refractivity contribution < 1.29 is 36.6 Å². The molecule has 0 saturated carbocycles. The number of rotatable bonds is 30. The van der Waals surface area contributed by atoms with E-state index in [9.17, 15) is 36.9 Å². The summed E-state index contributed by atoms with van der Waals surface area (Å²) in [5, 5.41) is 60.1. The van der Waals surface area contributed by atoms with Gasteiger partial charge in [0.15, 0.2) is 34.0 Å². The van der Waals surface area contributed by atoms with Crippen molar-refractivity contribution in [3.05, 3.63) is 183 Å². The maximum Gasteiger partial charge on any atom is 0.303 e. The lowest BCUT2D eigenvalue weighted by Crippen LogP contribution is -2.54. The quantitative estimate of drug-likeness (QED) is 0.0422. The van der Waals surface area contributed by atoms with Gasteiger partial charge in [0, 0.05) is 157 Å². The molecule has 776 valence electrons. The van der Waals surface area contributed by atoms with Crippen molar-refractivity contribution in [2.24, 2.45) is 47.3 Å². The van der Waals surface area contributed by atoms with Crippen LogP contribution < -0.4 is 19.6 Å². The Labute approximate surface area is 890 Å². The van der Waals surface area contributed by atoms with Gasteiger partial charge in [0.2, 0.25) is 0 Å². The number of nitrogens with zero attached hydrogens (tertiary/aromatic N) is 26. The van der Waals surface area contributed by atoms with Gasteiger partial charge in [0.05, 0.1) is 71.8 Å². The molecule has 16 heterocycles. The van der Waals surface area contributed by atoms with Crippen LogP contribution in [0.4, 0.5) is 23.3 Å². The number of hydrogen-bond acceptors (Lipinski definition) is 28. The SMILES string of the molecule is C[C@H](c1ccc(Cl)cc1Cl)n1nc(C#N)c2ncc(N3CC([C@@H]4CCCN(CCS(C)(=O)=O)C4)C3)nc21.C[C@H](c1ccc(Cl)cc1Cl)n1nc(C#N)c2ncc(N3CC([C@H]4CCCN(CCS(C)(=O)=O)C4)C3)nc21.Cc1nn([C@H](C)c2ccc(Cl)cc2Cl)c2nc(N3CC([C@@H]4CCCN(CCCC(=O)O)C4)C3)cnc12.Cc1nn([C@H](C)c2ccc(Cl)cc2Cl)c2nc(N3CC([C@H]4CCCN(CCCC(=O)O)C4)C3)cnc12. The summed E-state index contributed by atoms with van der Waals surface area (Å²) >= 11 is 50.2. The number of carboxylic acid groups (broad SMARTS) is 2. The molecule has 8 atom stereocenters. The summed E-state index contributed by atoms with van der Waals surface area (Å²) in [6, 6.07) is 25.2. The fourth-order valence-corrected chi connectivity index (χ4v) is 25.3. The molecule has 0 unspecified atom stereocenters. The van der Waals surface area contributed by atoms with Crippen LogP contribution in [0.1, 0.15) is 174 Å². The number of hydrogen-bond donors (Lipinski definition) is 2. The molecule has 8 aliphatic rings. The molecule has 0 amide bonds. The monoisotopic (exact) mass is 2180 g/mol. The maximum atomic E-state index is 11.6. The molecule has 2 N–H and O–H groups in total. The van der Waals surface area contributed by atoms with Crippen molar-refractivity contribution >= 4 is 192 Å². The number of carboxylic acids is 2. The molecule has 0 aliphatic carbocycles. The lowest BCUT2D eigenvalue weighted by atomic mass is 9.80. The third kappa shape index (κ3) is 25.4. The van der Waals surface area contributed by atoms with E-state index in [0.717, 1.165) is 236 Å². The van der Waals surface area contributed by atoms with Crippen molar-refractivity contribution in [1.82, 2.24) is 98.6 Å². The normalized spacial score (nSPS) is 20.0. The number of fused-ring (bicyclic) bond motifs is 4. The second kappa shape index (κ2) is 46.8. The number of halogens is 8. The average Bonchev–Trinajstić information content (AvgIpc) is 1.67. The van der Waals surface area contributed by atoms with Gasteiger partial charge in [-0.2, -0.15) is 30.9 Å². The first kappa shape index (κ1) is 108. The van der Waals surface area contributed by atoms with Crippen LogP contribution in [0, 0.1) is 83.9 Å².